The van der Waals surface area contributed by atoms with Gasteiger partial charge in [-0.1, -0.05) is 12.2 Å². The lowest BCUT2D eigenvalue weighted by molar-refractivity contribution is 0.0539. The molecule has 108 valence electrons. The number of carbonyl (C=O) groups is 1. The summed E-state index contributed by atoms with van der Waals surface area (Å²) in [6.07, 6.45) is 3.27. The molecule has 0 bridgehead atoms. The molecule has 1 fully saturated rings. The van der Waals surface area contributed by atoms with Crippen molar-refractivity contribution in [1.82, 2.24) is 14.8 Å². The summed E-state index contributed by atoms with van der Waals surface area (Å²) in [5.74, 6) is 0.0332. The van der Waals surface area contributed by atoms with Crippen LogP contribution in [0.1, 0.15) is 24.2 Å². The Morgan fingerprint density at radius 1 is 1.35 bits per heavy atom. The summed E-state index contributed by atoms with van der Waals surface area (Å²) < 4.78 is 0. The third kappa shape index (κ3) is 2.96. The van der Waals surface area contributed by atoms with E-state index in [0.29, 0.717) is 23.6 Å². The minimum absolute atomic E-state index is 0.0332. The fourth-order valence-corrected chi connectivity index (χ4v) is 2.43. The third-order valence-corrected chi connectivity index (χ3v) is 4.37. The number of nitrogens with zero attached hydrogens (tertiary/aromatic N) is 3. The molecule has 20 heavy (non-hydrogen) atoms. The molecule has 1 aromatic heterocycles. The average molecular weight is 292 g/mol. The number of carbonyl (C=O) groups excluding carboxylic acids is 1. The van der Waals surface area contributed by atoms with Gasteiger partial charge in [0.25, 0.3) is 5.91 Å². The van der Waals surface area contributed by atoms with Crippen LogP contribution in [-0.2, 0) is 0 Å². The van der Waals surface area contributed by atoms with Crippen LogP contribution in [0.2, 0.25) is 0 Å². The number of piperazine rings is 1. The van der Waals surface area contributed by atoms with Crippen LogP contribution in [0, 0.1) is 0 Å². The maximum Gasteiger partial charge on any atom is 0.255 e. The molecule has 0 atom stereocenters. The second kappa shape index (κ2) is 5.85. The Labute approximate surface area is 124 Å². The van der Waals surface area contributed by atoms with Crippen LogP contribution in [0.4, 0.5) is 0 Å². The molecule has 0 spiro atoms. The van der Waals surface area contributed by atoms with Gasteiger partial charge in [-0.05, 0) is 26.0 Å². The number of pyridine rings is 1. The minimum Gasteiger partial charge on any atom is -0.392 e. The molecule has 1 saturated heterocycles. The summed E-state index contributed by atoms with van der Waals surface area (Å²) in [5, 5.41) is 0. The molecule has 2 N–H and O–H groups in total. The Balaban J connectivity index is 1.98. The molecule has 2 rings (SSSR count). The average Bonchev–Trinajstić information content (AvgIpc) is 2.47. The first-order chi connectivity index (χ1) is 9.43. The van der Waals surface area contributed by atoms with Gasteiger partial charge in [-0.15, -0.1) is 0 Å². The number of amides is 1. The lowest BCUT2D eigenvalue weighted by atomic mass is 10.0. The molecule has 1 aromatic rings. The van der Waals surface area contributed by atoms with Gasteiger partial charge in [-0.3, -0.25) is 14.7 Å². The summed E-state index contributed by atoms with van der Waals surface area (Å²) in [7, 11) is 0. The maximum atomic E-state index is 12.3. The van der Waals surface area contributed by atoms with Crippen molar-refractivity contribution in [3.63, 3.8) is 0 Å². The van der Waals surface area contributed by atoms with E-state index in [1.165, 1.54) is 0 Å². The molecule has 2 heterocycles. The Kier molecular flexibility index (Phi) is 4.35. The smallest absolute Gasteiger partial charge is 0.255 e. The SMILES string of the molecule is CC(C)(C(N)=S)N1CCN(C(=O)c2cccnc2)CC1. The molecule has 1 aliphatic rings. The van der Waals surface area contributed by atoms with Crippen LogP contribution in [0.3, 0.4) is 0 Å². The number of aromatic nitrogens is 1. The lowest BCUT2D eigenvalue weighted by Crippen LogP contribution is -2.59. The third-order valence-electron chi connectivity index (χ3n) is 3.87. The van der Waals surface area contributed by atoms with Gasteiger partial charge in [-0.25, -0.2) is 0 Å². The second-order valence-electron chi connectivity index (χ2n) is 5.44. The molecule has 5 nitrogen and oxygen atoms in total. The highest BCUT2D eigenvalue weighted by Crippen LogP contribution is 2.18. The summed E-state index contributed by atoms with van der Waals surface area (Å²) in [5.41, 5.74) is 6.11. The van der Waals surface area contributed by atoms with Crippen molar-refractivity contribution in [1.29, 1.82) is 0 Å². The van der Waals surface area contributed by atoms with Crippen molar-refractivity contribution in [3.8, 4) is 0 Å². The summed E-state index contributed by atoms with van der Waals surface area (Å²) >= 11 is 5.12. The predicted octanol–water partition coefficient (Wildman–Crippen LogP) is 0.904. The van der Waals surface area contributed by atoms with Gasteiger partial charge in [0, 0.05) is 38.6 Å². The van der Waals surface area contributed by atoms with E-state index >= 15 is 0 Å². The van der Waals surface area contributed by atoms with Crippen LogP contribution in [-0.4, -0.2) is 57.4 Å². The van der Waals surface area contributed by atoms with E-state index in [9.17, 15) is 4.79 Å². The quantitative estimate of drug-likeness (QED) is 0.839. The standard InChI is InChI=1S/C14H20N4OS/c1-14(2,13(15)20)18-8-6-17(7-9-18)12(19)11-4-3-5-16-10-11/h3-5,10H,6-9H2,1-2H3,(H2,15,20). The molecule has 0 aliphatic carbocycles. The first kappa shape index (κ1) is 14.9. The van der Waals surface area contributed by atoms with Crippen LogP contribution < -0.4 is 5.73 Å². The molecule has 1 aliphatic heterocycles. The van der Waals surface area contributed by atoms with E-state index in [-0.39, 0.29) is 11.4 Å². The fraction of sp³-hybridized carbons (Fsp3) is 0.500. The fourth-order valence-electron chi connectivity index (χ4n) is 2.30. The zero-order valence-electron chi connectivity index (χ0n) is 11.9. The molecular weight excluding hydrogens is 272 g/mol. The number of rotatable bonds is 3. The van der Waals surface area contributed by atoms with Gasteiger partial charge >= 0.3 is 0 Å². The van der Waals surface area contributed by atoms with Gasteiger partial charge in [0.2, 0.25) is 0 Å². The normalized spacial score (nSPS) is 17.0. The van der Waals surface area contributed by atoms with Crippen molar-refractivity contribution in [2.45, 2.75) is 19.4 Å². The molecule has 0 radical (unpaired) electrons. The van der Waals surface area contributed by atoms with Crippen molar-refractivity contribution in [2.75, 3.05) is 26.2 Å². The van der Waals surface area contributed by atoms with E-state index in [1.54, 1.807) is 24.5 Å². The Morgan fingerprint density at radius 3 is 2.50 bits per heavy atom. The second-order valence-corrected chi connectivity index (χ2v) is 5.88. The van der Waals surface area contributed by atoms with Gasteiger partial charge in [0.05, 0.1) is 16.1 Å². The minimum atomic E-state index is -0.307. The number of hydrogen-bond donors (Lipinski definition) is 1. The predicted molar refractivity (Wildman–Crippen MR) is 82.6 cm³/mol. The van der Waals surface area contributed by atoms with E-state index < -0.39 is 0 Å². The summed E-state index contributed by atoms with van der Waals surface area (Å²) in [6.45, 7) is 6.95. The Hall–Kier alpha value is -1.53. The maximum absolute atomic E-state index is 12.3. The Bertz CT molecular complexity index is 495. The molecular formula is C14H20N4OS. The number of thiocarbonyl (C=S) groups is 1. The highest BCUT2D eigenvalue weighted by molar-refractivity contribution is 7.80. The van der Waals surface area contributed by atoms with Crippen molar-refractivity contribution < 1.29 is 4.79 Å². The largest absolute Gasteiger partial charge is 0.392 e. The van der Waals surface area contributed by atoms with Crippen molar-refractivity contribution in [2.24, 2.45) is 5.73 Å². The van der Waals surface area contributed by atoms with Gasteiger partial charge < -0.3 is 10.6 Å². The lowest BCUT2D eigenvalue weighted by Gasteiger charge is -2.43. The molecule has 0 unspecified atom stereocenters. The zero-order valence-corrected chi connectivity index (χ0v) is 12.7. The van der Waals surface area contributed by atoms with Crippen molar-refractivity contribution in [3.05, 3.63) is 30.1 Å². The highest BCUT2D eigenvalue weighted by Gasteiger charge is 2.33. The number of hydrogen-bond acceptors (Lipinski definition) is 4. The Morgan fingerprint density at radius 2 is 2.00 bits per heavy atom. The van der Waals surface area contributed by atoms with Gasteiger partial charge in [0.15, 0.2) is 0 Å². The topological polar surface area (TPSA) is 62.5 Å². The van der Waals surface area contributed by atoms with Crippen LogP contribution >= 0.6 is 12.2 Å². The summed E-state index contributed by atoms with van der Waals surface area (Å²) in [4.78, 5) is 20.9. The van der Waals surface area contributed by atoms with E-state index in [1.807, 2.05) is 18.7 Å². The van der Waals surface area contributed by atoms with E-state index in [2.05, 4.69) is 9.88 Å². The van der Waals surface area contributed by atoms with Gasteiger partial charge in [0.1, 0.15) is 0 Å². The van der Waals surface area contributed by atoms with Gasteiger partial charge in [-0.2, -0.15) is 0 Å². The van der Waals surface area contributed by atoms with E-state index in [4.69, 9.17) is 18.0 Å². The zero-order chi connectivity index (χ0) is 14.8. The molecule has 1 amide bonds. The molecule has 6 heteroatoms. The van der Waals surface area contributed by atoms with Crippen LogP contribution in [0.25, 0.3) is 0 Å². The van der Waals surface area contributed by atoms with Crippen LogP contribution in [0.5, 0.6) is 0 Å². The first-order valence-corrected chi connectivity index (χ1v) is 7.08. The van der Waals surface area contributed by atoms with E-state index in [0.717, 1.165) is 13.1 Å². The summed E-state index contributed by atoms with van der Waals surface area (Å²) in [6, 6.07) is 3.57. The van der Waals surface area contributed by atoms with Crippen molar-refractivity contribution >= 4 is 23.1 Å². The highest BCUT2D eigenvalue weighted by atomic mass is 32.1. The first-order valence-electron chi connectivity index (χ1n) is 6.67. The molecule has 0 saturated carbocycles. The van der Waals surface area contributed by atoms with Crippen LogP contribution in [0.15, 0.2) is 24.5 Å². The molecule has 0 aromatic carbocycles. The number of nitrogens with two attached hydrogens (primary N) is 1. The monoisotopic (exact) mass is 292 g/mol.